The van der Waals surface area contributed by atoms with Crippen molar-refractivity contribution < 1.29 is 4.79 Å². The van der Waals surface area contributed by atoms with Crippen LogP contribution in [0.4, 0.5) is 10.5 Å². The van der Waals surface area contributed by atoms with Crippen molar-refractivity contribution in [1.82, 2.24) is 5.32 Å². The van der Waals surface area contributed by atoms with Crippen molar-refractivity contribution in [1.29, 1.82) is 0 Å². The molecule has 0 aliphatic carbocycles. The number of nitrogens with one attached hydrogen (secondary N) is 1. The summed E-state index contributed by atoms with van der Waals surface area (Å²) in [5, 5.41) is 3.02. The smallest absolute Gasteiger partial charge is 0.322 e. The Balaban J connectivity index is 1.74. The first-order valence-corrected chi connectivity index (χ1v) is 8.42. The number of benzene rings is 3. The molecule has 3 aromatic rings. The fourth-order valence-electron chi connectivity index (χ4n) is 2.63. The highest BCUT2D eigenvalue weighted by atomic mass is 16.2. The second-order valence-corrected chi connectivity index (χ2v) is 6.05. The molecular formula is C22H22N2O. The van der Waals surface area contributed by atoms with Gasteiger partial charge in [-0.2, -0.15) is 0 Å². The van der Waals surface area contributed by atoms with Crippen molar-refractivity contribution in [2.75, 3.05) is 4.90 Å². The van der Waals surface area contributed by atoms with Gasteiger partial charge in [-0.05, 0) is 30.2 Å². The molecule has 0 spiro atoms. The summed E-state index contributed by atoms with van der Waals surface area (Å²) in [5.74, 6) is 0. The number of hydrogen-bond acceptors (Lipinski definition) is 1. The van der Waals surface area contributed by atoms with Crippen molar-refractivity contribution in [2.45, 2.75) is 20.0 Å². The summed E-state index contributed by atoms with van der Waals surface area (Å²) in [6, 6.07) is 27.9. The van der Waals surface area contributed by atoms with Gasteiger partial charge in [-0.1, -0.05) is 78.4 Å². The minimum atomic E-state index is -0.101. The highest BCUT2D eigenvalue weighted by Crippen LogP contribution is 2.17. The molecule has 3 nitrogen and oxygen atoms in total. The van der Waals surface area contributed by atoms with E-state index in [2.05, 4.69) is 24.4 Å². The van der Waals surface area contributed by atoms with Crippen molar-refractivity contribution in [3.8, 4) is 0 Å². The number of aryl methyl sites for hydroxylation is 1. The zero-order valence-electron chi connectivity index (χ0n) is 14.4. The van der Waals surface area contributed by atoms with Crippen LogP contribution in [0.3, 0.4) is 0 Å². The lowest BCUT2D eigenvalue weighted by atomic mass is 10.1. The molecule has 0 aliphatic rings. The molecule has 0 atom stereocenters. The Morgan fingerprint density at radius 3 is 2.04 bits per heavy atom. The van der Waals surface area contributed by atoms with Gasteiger partial charge in [0, 0.05) is 12.2 Å². The van der Waals surface area contributed by atoms with E-state index in [-0.39, 0.29) is 6.03 Å². The second kappa shape index (κ2) is 8.15. The third-order valence-electron chi connectivity index (χ3n) is 4.06. The Kier molecular flexibility index (Phi) is 5.47. The Hall–Kier alpha value is -3.07. The molecular weight excluding hydrogens is 308 g/mol. The normalized spacial score (nSPS) is 10.3. The summed E-state index contributed by atoms with van der Waals surface area (Å²) in [6.45, 7) is 3.10. The lowest BCUT2D eigenvalue weighted by molar-refractivity contribution is 0.245. The van der Waals surface area contributed by atoms with Gasteiger partial charge in [-0.25, -0.2) is 4.79 Å². The average molecular weight is 330 g/mol. The van der Waals surface area contributed by atoms with Gasteiger partial charge in [-0.15, -0.1) is 0 Å². The number of urea groups is 1. The molecule has 1 N–H and O–H groups in total. The Bertz CT molecular complexity index is 798. The molecule has 0 aliphatic heterocycles. The van der Waals surface area contributed by atoms with E-state index >= 15 is 0 Å². The standard InChI is InChI=1S/C22H22N2O/c1-18-12-14-19(15-13-18)16-23-22(25)24(21-10-6-3-7-11-21)17-20-8-4-2-5-9-20/h2-15H,16-17H2,1H3,(H,23,25). The number of nitrogens with zero attached hydrogens (tertiary/aromatic N) is 1. The molecule has 25 heavy (non-hydrogen) atoms. The number of para-hydroxylation sites is 1. The molecule has 0 saturated carbocycles. The minimum Gasteiger partial charge on any atom is -0.334 e. The summed E-state index contributed by atoms with van der Waals surface area (Å²) in [5.41, 5.74) is 4.28. The summed E-state index contributed by atoms with van der Waals surface area (Å²) in [6.07, 6.45) is 0. The summed E-state index contributed by atoms with van der Waals surface area (Å²) in [4.78, 5) is 14.6. The first kappa shape index (κ1) is 16.8. The van der Waals surface area contributed by atoms with Crippen molar-refractivity contribution in [3.63, 3.8) is 0 Å². The Morgan fingerprint density at radius 2 is 1.40 bits per heavy atom. The first-order chi connectivity index (χ1) is 12.2. The van der Waals surface area contributed by atoms with Gasteiger partial charge in [0.15, 0.2) is 0 Å². The van der Waals surface area contributed by atoms with E-state index in [0.717, 1.165) is 16.8 Å². The molecule has 2 amide bonds. The van der Waals surface area contributed by atoms with E-state index in [1.807, 2.05) is 72.8 Å². The lowest BCUT2D eigenvalue weighted by Gasteiger charge is -2.23. The number of carbonyl (C=O) groups is 1. The van der Waals surface area contributed by atoms with Gasteiger partial charge in [-0.3, -0.25) is 4.90 Å². The zero-order valence-corrected chi connectivity index (χ0v) is 14.4. The number of rotatable bonds is 5. The lowest BCUT2D eigenvalue weighted by Crippen LogP contribution is -2.39. The molecule has 0 fully saturated rings. The monoisotopic (exact) mass is 330 g/mol. The maximum atomic E-state index is 12.8. The second-order valence-electron chi connectivity index (χ2n) is 6.05. The van der Waals surface area contributed by atoms with Crippen LogP contribution in [0.1, 0.15) is 16.7 Å². The summed E-state index contributed by atoms with van der Waals surface area (Å²) in [7, 11) is 0. The van der Waals surface area contributed by atoms with Gasteiger partial charge < -0.3 is 5.32 Å². The van der Waals surface area contributed by atoms with Gasteiger partial charge in [0.05, 0.1) is 6.54 Å². The zero-order chi connectivity index (χ0) is 17.5. The number of amides is 2. The minimum absolute atomic E-state index is 0.101. The van der Waals surface area contributed by atoms with Gasteiger partial charge in [0.2, 0.25) is 0 Å². The van der Waals surface area contributed by atoms with Crippen LogP contribution in [0.5, 0.6) is 0 Å². The quantitative estimate of drug-likeness (QED) is 0.708. The van der Waals surface area contributed by atoms with Crippen LogP contribution in [0.15, 0.2) is 84.9 Å². The third-order valence-corrected chi connectivity index (χ3v) is 4.06. The van der Waals surface area contributed by atoms with Crippen molar-refractivity contribution in [3.05, 3.63) is 102 Å². The van der Waals surface area contributed by atoms with E-state index in [0.29, 0.717) is 13.1 Å². The SMILES string of the molecule is Cc1ccc(CNC(=O)N(Cc2ccccc2)c2ccccc2)cc1. The first-order valence-electron chi connectivity index (χ1n) is 8.42. The fourth-order valence-corrected chi connectivity index (χ4v) is 2.63. The van der Waals surface area contributed by atoms with Crippen LogP contribution in [0.2, 0.25) is 0 Å². The van der Waals surface area contributed by atoms with Crippen LogP contribution < -0.4 is 10.2 Å². The number of carbonyl (C=O) groups excluding carboxylic acids is 1. The fraction of sp³-hybridized carbons (Fsp3) is 0.136. The molecule has 3 rings (SSSR count). The molecule has 126 valence electrons. The molecule has 3 heteroatoms. The van der Waals surface area contributed by atoms with E-state index in [9.17, 15) is 4.79 Å². The van der Waals surface area contributed by atoms with E-state index < -0.39 is 0 Å². The highest BCUT2D eigenvalue weighted by Gasteiger charge is 2.15. The van der Waals surface area contributed by atoms with E-state index in [1.165, 1.54) is 5.56 Å². The molecule has 0 saturated heterocycles. The van der Waals surface area contributed by atoms with Gasteiger partial charge in [0.1, 0.15) is 0 Å². The van der Waals surface area contributed by atoms with Crippen molar-refractivity contribution >= 4 is 11.7 Å². The summed E-state index contributed by atoms with van der Waals surface area (Å²) >= 11 is 0. The van der Waals surface area contributed by atoms with E-state index in [1.54, 1.807) is 4.90 Å². The molecule has 3 aromatic carbocycles. The molecule has 0 unspecified atom stereocenters. The molecule has 0 heterocycles. The molecule has 0 radical (unpaired) electrons. The summed E-state index contributed by atoms with van der Waals surface area (Å²) < 4.78 is 0. The van der Waals surface area contributed by atoms with Gasteiger partial charge >= 0.3 is 6.03 Å². The van der Waals surface area contributed by atoms with Gasteiger partial charge in [0.25, 0.3) is 0 Å². The predicted molar refractivity (Wildman–Crippen MR) is 102 cm³/mol. The van der Waals surface area contributed by atoms with Crippen LogP contribution in [-0.4, -0.2) is 6.03 Å². The highest BCUT2D eigenvalue weighted by molar-refractivity contribution is 5.91. The number of anilines is 1. The van der Waals surface area contributed by atoms with Crippen LogP contribution >= 0.6 is 0 Å². The topological polar surface area (TPSA) is 32.3 Å². The van der Waals surface area contributed by atoms with Crippen LogP contribution in [0, 0.1) is 6.92 Å². The predicted octanol–water partition coefficient (Wildman–Crippen LogP) is 4.91. The largest absolute Gasteiger partial charge is 0.334 e. The van der Waals surface area contributed by atoms with Crippen molar-refractivity contribution in [2.24, 2.45) is 0 Å². The van der Waals surface area contributed by atoms with E-state index in [4.69, 9.17) is 0 Å². The number of hydrogen-bond donors (Lipinski definition) is 1. The molecule has 0 bridgehead atoms. The van der Waals surface area contributed by atoms with Crippen LogP contribution in [0.25, 0.3) is 0 Å². The Labute approximate surface area is 148 Å². The van der Waals surface area contributed by atoms with Crippen LogP contribution in [-0.2, 0) is 13.1 Å². The maximum Gasteiger partial charge on any atom is 0.322 e. The maximum absolute atomic E-state index is 12.8. The molecule has 0 aromatic heterocycles. The third kappa shape index (κ3) is 4.70. The Morgan fingerprint density at radius 1 is 0.800 bits per heavy atom. The average Bonchev–Trinajstić information content (AvgIpc) is 2.67.